The number of carboxylic acid groups (broad SMARTS) is 3. The van der Waals surface area contributed by atoms with E-state index in [1.54, 1.807) is 30.3 Å². The Balaban J connectivity index is 1.87. The molecular formula is C49H62N10O18. The molecule has 3 rings (SSSR count). The highest BCUT2D eigenvalue weighted by molar-refractivity contribution is 5.99. The average Bonchev–Trinajstić information content (AvgIpc) is 3.36. The van der Waals surface area contributed by atoms with Crippen molar-refractivity contribution in [2.75, 3.05) is 13.2 Å². The number of nitrogens with one attached hydrogen (secondary N) is 8. The summed E-state index contributed by atoms with van der Waals surface area (Å²) in [6, 6.07) is 4.99. The molecule has 28 heteroatoms. The van der Waals surface area contributed by atoms with Crippen molar-refractivity contribution in [2.24, 2.45) is 17.4 Å². The Bertz CT molecular complexity index is 2600. The van der Waals surface area contributed by atoms with Crippen molar-refractivity contribution >= 4 is 71.1 Å². The lowest BCUT2D eigenvalue weighted by Crippen LogP contribution is -2.61. The lowest BCUT2D eigenvalue weighted by Gasteiger charge is -2.27. The molecule has 0 aliphatic heterocycles. The van der Waals surface area contributed by atoms with Crippen molar-refractivity contribution in [1.82, 2.24) is 42.5 Å². The molecule has 0 fully saturated rings. The van der Waals surface area contributed by atoms with Gasteiger partial charge in [-0.05, 0) is 46.9 Å². The van der Waals surface area contributed by atoms with E-state index in [0.717, 1.165) is 0 Å². The third kappa shape index (κ3) is 21.7. The van der Waals surface area contributed by atoms with Crippen molar-refractivity contribution in [3.63, 3.8) is 0 Å². The molecule has 0 aromatic heterocycles. The second-order valence-corrected chi connectivity index (χ2v) is 17.8. The summed E-state index contributed by atoms with van der Waals surface area (Å²) in [6.45, 7) is 1.10. The Morgan fingerprint density at radius 3 is 1.30 bits per heavy atom. The van der Waals surface area contributed by atoms with Gasteiger partial charge in [0.05, 0.1) is 38.5 Å². The number of aliphatic hydroxyl groups is 1. The van der Waals surface area contributed by atoms with Crippen molar-refractivity contribution in [1.29, 1.82) is 0 Å². The molecule has 8 atom stereocenters. The van der Waals surface area contributed by atoms with E-state index in [9.17, 15) is 83.1 Å². The Morgan fingerprint density at radius 2 is 0.870 bits per heavy atom. The fraction of sp³-hybridized carbons (Fsp3) is 0.388. The molecule has 416 valence electrons. The standard InChI is InChI=1S/C49H62N10O18/c1-24(2)41(59-42(69)30(50)19-39(65)66)48(75)52-22-38(64)53-36(23-60)47(74)56-33(20-37(51)63)45(72)55-32(17-26-8-12-28(61)13-9-26)43(70)54-31(16-25-6-4-3-5-7-25)44(71)57-34(21-40(67)68)46(73)58-35(49(76)77)18-27-10-14-29(62)15-11-27/h3-15,24,30-36,41,60-62H,16-23,50H2,1-2H3,(H2,51,63)(H,52,75)(H,53,64)(H,54,70)(H,55,72)(H,56,74)(H,57,71)(H,58,73)(H,59,69)(H,65,66)(H,67,68)(H,76,77)/t30-,31-,32-,33-,34-,35-,36-,41-/m0/s1. The van der Waals surface area contributed by atoms with E-state index in [0.29, 0.717) is 16.7 Å². The molecule has 77 heavy (non-hydrogen) atoms. The number of amides is 9. The third-order valence-corrected chi connectivity index (χ3v) is 11.2. The van der Waals surface area contributed by atoms with Crippen LogP contribution < -0.4 is 54.0 Å². The van der Waals surface area contributed by atoms with Gasteiger partial charge in [-0.1, -0.05) is 68.4 Å². The molecule has 0 saturated carbocycles. The number of carbonyl (C=O) groups is 12. The zero-order valence-corrected chi connectivity index (χ0v) is 41.6. The number of nitrogens with two attached hydrogens (primary N) is 2. The van der Waals surface area contributed by atoms with Crippen LogP contribution in [0.2, 0.25) is 0 Å². The largest absolute Gasteiger partial charge is 0.508 e. The summed E-state index contributed by atoms with van der Waals surface area (Å²) in [5.74, 6) is -15.5. The average molecular weight is 1080 g/mol. The number of carbonyl (C=O) groups excluding carboxylic acids is 9. The summed E-state index contributed by atoms with van der Waals surface area (Å²) >= 11 is 0. The Kier molecular flexibility index (Phi) is 24.4. The normalized spacial score (nSPS) is 14.0. The molecular weight excluding hydrogens is 1020 g/mol. The monoisotopic (exact) mass is 1080 g/mol. The van der Waals surface area contributed by atoms with Crippen molar-refractivity contribution in [3.8, 4) is 11.5 Å². The maximum Gasteiger partial charge on any atom is 0.326 e. The van der Waals surface area contributed by atoms with E-state index in [1.165, 1.54) is 62.4 Å². The van der Waals surface area contributed by atoms with Gasteiger partial charge in [-0.15, -0.1) is 0 Å². The smallest absolute Gasteiger partial charge is 0.326 e. The second kappa shape index (κ2) is 30.3. The van der Waals surface area contributed by atoms with E-state index < -0.39 is 164 Å². The number of phenols is 2. The first-order valence-electron chi connectivity index (χ1n) is 23.6. The Hall–Kier alpha value is -9.18. The van der Waals surface area contributed by atoms with Gasteiger partial charge in [0, 0.05) is 19.3 Å². The van der Waals surface area contributed by atoms with Crippen LogP contribution in [0.1, 0.15) is 49.8 Å². The Labute approximate surface area is 439 Å². The molecule has 0 aliphatic carbocycles. The summed E-state index contributed by atoms with van der Waals surface area (Å²) in [5.41, 5.74) is 12.1. The number of primary amides is 1. The van der Waals surface area contributed by atoms with Crippen LogP contribution in [0.4, 0.5) is 0 Å². The molecule has 9 amide bonds. The van der Waals surface area contributed by atoms with Gasteiger partial charge in [0.2, 0.25) is 53.2 Å². The van der Waals surface area contributed by atoms with Gasteiger partial charge < -0.3 is 84.6 Å². The predicted molar refractivity (Wildman–Crippen MR) is 266 cm³/mol. The van der Waals surface area contributed by atoms with Crippen LogP contribution in [0.5, 0.6) is 11.5 Å². The minimum atomic E-state index is -1.93. The number of rotatable bonds is 31. The van der Waals surface area contributed by atoms with Crippen LogP contribution in [0, 0.1) is 5.92 Å². The number of aliphatic hydroxyl groups excluding tert-OH is 1. The fourth-order valence-corrected chi connectivity index (χ4v) is 7.15. The van der Waals surface area contributed by atoms with Crippen LogP contribution in [0.15, 0.2) is 78.9 Å². The van der Waals surface area contributed by atoms with Gasteiger partial charge >= 0.3 is 17.9 Å². The first-order valence-corrected chi connectivity index (χ1v) is 23.6. The first kappa shape index (κ1) is 62.1. The van der Waals surface area contributed by atoms with E-state index in [1.807, 2.05) is 0 Å². The first-order chi connectivity index (χ1) is 36.3. The van der Waals surface area contributed by atoms with Crippen LogP contribution in [0.25, 0.3) is 0 Å². The van der Waals surface area contributed by atoms with Gasteiger partial charge in [0.15, 0.2) is 0 Å². The second-order valence-electron chi connectivity index (χ2n) is 17.8. The fourth-order valence-electron chi connectivity index (χ4n) is 7.15. The van der Waals surface area contributed by atoms with Gasteiger partial charge in [0.1, 0.15) is 53.8 Å². The number of hydrogen-bond donors (Lipinski definition) is 16. The maximum atomic E-state index is 14.4. The maximum absolute atomic E-state index is 14.4. The number of carboxylic acids is 3. The highest BCUT2D eigenvalue weighted by atomic mass is 16.4. The number of phenolic OH excluding ortho intramolecular Hbond substituents is 2. The number of aliphatic carboxylic acids is 3. The lowest BCUT2D eigenvalue weighted by atomic mass is 10.0. The highest BCUT2D eigenvalue weighted by Crippen LogP contribution is 2.15. The summed E-state index contributed by atoms with van der Waals surface area (Å²) in [6.07, 6.45) is -3.79. The summed E-state index contributed by atoms with van der Waals surface area (Å²) in [7, 11) is 0. The molecule has 0 aliphatic rings. The van der Waals surface area contributed by atoms with Crippen molar-refractivity contribution in [3.05, 3.63) is 95.6 Å². The summed E-state index contributed by atoms with van der Waals surface area (Å²) < 4.78 is 0. The molecule has 28 nitrogen and oxygen atoms in total. The summed E-state index contributed by atoms with van der Waals surface area (Å²) in [5, 5.41) is 76.3. The molecule has 0 unspecified atom stereocenters. The van der Waals surface area contributed by atoms with E-state index in [4.69, 9.17) is 16.6 Å². The molecule has 0 saturated heterocycles. The van der Waals surface area contributed by atoms with Gasteiger partial charge in [-0.25, -0.2) is 4.79 Å². The van der Waals surface area contributed by atoms with Gasteiger partial charge in [-0.2, -0.15) is 0 Å². The molecule has 3 aromatic rings. The number of hydrogen-bond acceptors (Lipinski definition) is 16. The third-order valence-electron chi connectivity index (χ3n) is 11.2. The van der Waals surface area contributed by atoms with Crippen molar-refractivity contribution < 1.29 is 88.2 Å². The van der Waals surface area contributed by atoms with Gasteiger partial charge in [0.25, 0.3) is 0 Å². The zero-order valence-electron chi connectivity index (χ0n) is 41.6. The van der Waals surface area contributed by atoms with Gasteiger partial charge in [-0.3, -0.25) is 52.7 Å². The number of aromatic hydroxyl groups is 2. The minimum Gasteiger partial charge on any atom is -0.508 e. The van der Waals surface area contributed by atoms with Crippen LogP contribution in [0.3, 0.4) is 0 Å². The number of benzene rings is 3. The minimum absolute atomic E-state index is 0.120. The van der Waals surface area contributed by atoms with Crippen LogP contribution in [-0.2, 0) is 76.8 Å². The predicted octanol–water partition coefficient (Wildman–Crippen LogP) is -4.48. The molecule has 0 radical (unpaired) electrons. The molecule has 0 bridgehead atoms. The quantitative estimate of drug-likeness (QED) is 0.0289. The topological polar surface area (TPSA) is 474 Å². The SMILES string of the molecule is CC(C)[C@H](NC(=O)[C@@H](N)CC(=O)O)C(=O)NCC(=O)N[C@@H](CO)C(=O)N[C@@H](CC(N)=O)C(=O)N[C@@H](Cc1ccc(O)cc1)C(=O)N[C@@H](Cc1ccccc1)C(=O)N[C@@H](CC(=O)O)C(=O)N[C@@H](Cc1ccc(O)cc1)C(=O)O. The highest BCUT2D eigenvalue weighted by Gasteiger charge is 2.35. The summed E-state index contributed by atoms with van der Waals surface area (Å²) in [4.78, 5) is 155. The van der Waals surface area contributed by atoms with Crippen LogP contribution >= 0.6 is 0 Å². The van der Waals surface area contributed by atoms with Crippen molar-refractivity contribution in [2.45, 2.75) is 101 Å². The van der Waals surface area contributed by atoms with E-state index >= 15 is 0 Å². The molecule has 18 N–H and O–H groups in total. The van der Waals surface area contributed by atoms with E-state index in [-0.39, 0.29) is 24.3 Å². The van der Waals surface area contributed by atoms with Crippen LogP contribution in [-0.4, -0.2) is 163 Å². The Morgan fingerprint density at radius 1 is 0.468 bits per heavy atom. The molecule has 0 heterocycles. The zero-order chi connectivity index (χ0) is 57.5. The molecule has 0 spiro atoms. The lowest BCUT2D eigenvalue weighted by molar-refractivity contribution is -0.143. The molecule has 3 aromatic carbocycles. The van der Waals surface area contributed by atoms with E-state index in [2.05, 4.69) is 42.5 Å².